The topological polar surface area (TPSA) is 58.1 Å². The summed E-state index contributed by atoms with van der Waals surface area (Å²) in [4.78, 5) is 6.99. The number of guanidine groups is 1. The summed E-state index contributed by atoms with van der Waals surface area (Å²) in [5.41, 5.74) is 0.947. The standard InChI is InChI=1S/C19H32N4O2.HI/c1-4-6-11-23(3)12-10-21-19(20-5-2)22-16-8-9-17-18(15-16)25-14-7-13-24-17;/h8-9,15H,4-7,10-14H2,1-3H3,(H2,20,21,22);1H. The summed E-state index contributed by atoms with van der Waals surface area (Å²) in [6, 6.07) is 5.92. The van der Waals surface area contributed by atoms with Crippen LogP contribution in [0.3, 0.4) is 0 Å². The molecule has 0 aliphatic carbocycles. The van der Waals surface area contributed by atoms with E-state index in [0.717, 1.165) is 55.7 Å². The van der Waals surface area contributed by atoms with Crippen LogP contribution in [0.5, 0.6) is 11.5 Å². The van der Waals surface area contributed by atoms with Crippen LogP contribution in [0.4, 0.5) is 5.69 Å². The van der Waals surface area contributed by atoms with Crippen molar-refractivity contribution >= 4 is 35.6 Å². The molecular weight excluding hydrogens is 443 g/mol. The molecule has 0 saturated heterocycles. The van der Waals surface area contributed by atoms with E-state index in [1.165, 1.54) is 12.8 Å². The van der Waals surface area contributed by atoms with E-state index in [1.807, 2.05) is 18.2 Å². The molecule has 1 aromatic carbocycles. The monoisotopic (exact) mass is 476 g/mol. The second-order valence-electron chi connectivity index (χ2n) is 6.25. The first-order valence-corrected chi connectivity index (χ1v) is 9.36. The maximum atomic E-state index is 5.75. The summed E-state index contributed by atoms with van der Waals surface area (Å²) < 4.78 is 11.4. The van der Waals surface area contributed by atoms with Crippen molar-refractivity contribution in [3.8, 4) is 11.5 Å². The Morgan fingerprint density at radius 1 is 1.15 bits per heavy atom. The van der Waals surface area contributed by atoms with Gasteiger partial charge in [0.25, 0.3) is 0 Å². The van der Waals surface area contributed by atoms with E-state index in [0.29, 0.717) is 13.2 Å². The van der Waals surface area contributed by atoms with Crippen LogP contribution in [0.1, 0.15) is 33.1 Å². The normalized spacial score (nSPS) is 13.8. The molecule has 0 fully saturated rings. The Labute approximate surface area is 174 Å². The summed E-state index contributed by atoms with van der Waals surface area (Å²) >= 11 is 0. The number of benzene rings is 1. The van der Waals surface area contributed by atoms with E-state index in [4.69, 9.17) is 9.47 Å². The summed E-state index contributed by atoms with van der Waals surface area (Å²) in [6.07, 6.45) is 3.37. The van der Waals surface area contributed by atoms with Gasteiger partial charge in [-0.3, -0.25) is 4.99 Å². The number of fused-ring (bicyclic) bond motifs is 1. The zero-order valence-electron chi connectivity index (χ0n) is 16.2. The van der Waals surface area contributed by atoms with Crippen molar-refractivity contribution in [3.63, 3.8) is 0 Å². The van der Waals surface area contributed by atoms with E-state index in [2.05, 4.69) is 41.4 Å². The Kier molecular flexibility index (Phi) is 11.4. The minimum absolute atomic E-state index is 0. The molecule has 2 rings (SSSR count). The van der Waals surface area contributed by atoms with Gasteiger partial charge >= 0.3 is 0 Å². The molecule has 0 radical (unpaired) electrons. The van der Waals surface area contributed by atoms with Crippen LogP contribution in [-0.2, 0) is 0 Å². The molecule has 0 bridgehead atoms. The van der Waals surface area contributed by atoms with Gasteiger partial charge in [0.05, 0.1) is 19.8 Å². The minimum Gasteiger partial charge on any atom is -0.490 e. The Bertz CT molecular complexity index is 554. The van der Waals surface area contributed by atoms with E-state index in [9.17, 15) is 0 Å². The number of ether oxygens (including phenoxy) is 2. The summed E-state index contributed by atoms with van der Waals surface area (Å²) in [5, 5.41) is 6.64. The van der Waals surface area contributed by atoms with Gasteiger partial charge < -0.3 is 25.0 Å². The molecule has 6 nitrogen and oxygen atoms in total. The number of aliphatic imine (C=N–C) groups is 1. The van der Waals surface area contributed by atoms with Gasteiger partial charge in [0.2, 0.25) is 0 Å². The molecule has 1 aromatic rings. The van der Waals surface area contributed by atoms with Crippen LogP contribution >= 0.6 is 24.0 Å². The predicted octanol–water partition coefficient (Wildman–Crippen LogP) is 3.58. The highest BCUT2D eigenvalue weighted by molar-refractivity contribution is 14.0. The fourth-order valence-electron chi connectivity index (χ4n) is 2.56. The van der Waals surface area contributed by atoms with E-state index < -0.39 is 0 Å². The molecule has 0 saturated carbocycles. The van der Waals surface area contributed by atoms with Gasteiger partial charge in [-0.1, -0.05) is 13.3 Å². The molecule has 0 spiro atoms. The second kappa shape index (κ2) is 13.0. The predicted molar refractivity (Wildman–Crippen MR) is 119 cm³/mol. The third kappa shape index (κ3) is 7.99. The van der Waals surface area contributed by atoms with Gasteiger partial charge in [-0.25, -0.2) is 0 Å². The van der Waals surface area contributed by atoms with E-state index in [1.54, 1.807) is 0 Å². The maximum Gasteiger partial charge on any atom is 0.195 e. The number of rotatable bonds is 8. The van der Waals surface area contributed by atoms with Crippen molar-refractivity contribution < 1.29 is 9.47 Å². The lowest BCUT2D eigenvalue weighted by Gasteiger charge is -2.16. The minimum atomic E-state index is 0. The lowest BCUT2D eigenvalue weighted by molar-refractivity contribution is 0.297. The molecule has 148 valence electrons. The molecule has 1 aliphatic rings. The molecule has 0 amide bonds. The Balaban J connectivity index is 0.00000338. The van der Waals surface area contributed by atoms with Gasteiger partial charge in [0.15, 0.2) is 17.5 Å². The SMILES string of the molecule is CCCCN(C)CCN=C(NCC)Nc1ccc2c(c1)OCCCO2.I. The summed E-state index contributed by atoms with van der Waals surface area (Å²) in [7, 11) is 2.15. The Morgan fingerprint density at radius 3 is 2.65 bits per heavy atom. The average Bonchev–Trinajstić information content (AvgIpc) is 2.85. The van der Waals surface area contributed by atoms with Gasteiger partial charge in [0.1, 0.15) is 0 Å². The highest BCUT2D eigenvalue weighted by atomic mass is 127. The number of nitrogens with one attached hydrogen (secondary N) is 2. The zero-order valence-corrected chi connectivity index (χ0v) is 18.5. The van der Waals surface area contributed by atoms with Crippen LogP contribution in [0.25, 0.3) is 0 Å². The fraction of sp³-hybridized carbons (Fsp3) is 0.632. The fourth-order valence-corrected chi connectivity index (χ4v) is 2.56. The smallest absolute Gasteiger partial charge is 0.195 e. The average molecular weight is 476 g/mol. The third-order valence-electron chi connectivity index (χ3n) is 4.00. The van der Waals surface area contributed by atoms with E-state index >= 15 is 0 Å². The number of unbranched alkanes of at least 4 members (excludes halogenated alkanes) is 1. The molecule has 2 N–H and O–H groups in total. The lowest BCUT2D eigenvalue weighted by atomic mass is 10.3. The molecule has 26 heavy (non-hydrogen) atoms. The van der Waals surface area contributed by atoms with Crippen molar-refractivity contribution in [3.05, 3.63) is 18.2 Å². The molecule has 0 aromatic heterocycles. The number of halogens is 1. The van der Waals surface area contributed by atoms with Crippen molar-refractivity contribution in [1.82, 2.24) is 10.2 Å². The van der Waals surface area contributed by atoms with Crippen molar-refractivity contribution in [2.75, 3.05) is 51.8 Å². The van der Waals surface area contributed by atoms with Crippen LogP contribution in [0.15, 0.2) is 23.2 Å². The van der Waals surface area contributed by atoms with Crippen LogP contribution in [-0.4, -0.2) is 57.3 Å². The first-order chi connectivity index (χ1) is 12.2. The second-order valence-corrected chi connectivity index (χ2v) is 6.25. The quantitative estimate of drug-likeness (QED) is 0.341. The summed E-state index contributed by atoms with van der Waals surface area (Å²) in [6.45, 7) is 9.34. The molecule has 7 heteroatoms. The number of anilines is 1. The van der Waals surface area contributed by atoms with Crippen LogP contribution in [0, 0.1) is 0 Å². The van der Waals surface area contributed by atoms with Crippen molar-refractivity contribution in [2.45, 2.75) is 33.1 Å². The molecule has 1 aliphatic heterocycles. The number of likely N-dealkylation sites (N-methyl/N-ethyl adjacent to an activating group) is 1. The molecule has 0 atom stereocenters. The van der Waals surface area contributed by atoms with Gasteiger partial charge in [-0.05, 0) is 39.1 Å². The zero-order chi connectivity index (χ0) is 17.9. The molecular formula is C19H33IN4O2. The number of hydrogen-bond donors (Lipinski definition) is 2. The molecule has 0 unspecified atom stereocenters. The molecule has 1 heterocycles. The number of hydrogen-bond acceptors (Lipinski definition) is 4. The number of nitrogens with zero attached hydrogens (tertiary/aromatic N) is 2. The Morgan fingerprint density at radius 2 is 1.92 bits per heavy atom. The van der Waals surface area contributed by atoms with Crippen LogP contribution in [0.2, 0.25) is 0 Å². The highest BCUT2D eigenvalue weighted by Crippen LogP contribution is 2.32. The van der Waals surface area contributed by atoms with Crippen molar-refractivity contribution in [1.29, 1.82) is 0 Å². The maximum absolute atomic E-state index is 5.75. The highest BCUT2D eigenvalue weighted by Gasteiger charge is 2.11. The lowest BCUT2D eigenvalue weighted by Crippen LogP contribution is -2.32. The van der Waals surface area contributed by atoms with Gasteiger partial charge in [-0.15, -0.1) is 24.0 Å². The van der Waals surface area contributed by atoms with Crippen molar-refractivity contribution in [2.24, 2.45) is 4.99 Å². The van der Waals surface area contributed by atoms with Gasteiger partial charge in [0, 0.05) is 31.3 Å². The van der Waals surface area contributed by atoms with Gasteiger partial charge in [-0.2, -0.15) is 0 Å². The Hall–Kier alpha value is -1.22. The van der Waals surface area contributed by atoms with E-state index in [-0.39, 0.29) is 24.0 Å². The third-order valence-corrected chi connectivity index (χ3v) is 4.00. The largest absolute Gasteiger partial charge is 0.490 e. The first-order valence-electron chi connectivity index (χ1n) is 9.36. The first kappa shape index (κ1) is 22.8. The summed E-state index contributed by atoms with van der Waals surface area (Å²) in [5.74, 6) is 2.39. The van der Waals surface area contributed by atoms with Crippen LogP contribution < -0.4 is 20.1 Å².